The van der Waals surface area contributed by atoms with E-state index in [0.717, 1.165) is 12.8 Å². The third-order valence-corrected chi connectivity index (χ3v) is 1.95. The van der Waals surface area contributed by atoms with E-state index >= 15 is 0 Å². The molecule has 0 aliphatic rings. The minimum Gasteiger partial charge on any atom is -0.396 e. The number of primary amides is 1. The largest absolute Gasteiger partial charge is 0.396 e. The highest BCUT2D eigenvalue weighted by Gasteiger charge is 2.10. The summed E-state index contributed by atoms with van der Waals surface area (Å²) in [5, 5.41) is 12.3. The Bertz CT molecular complexity index is 390. The summed E-state index contributed by atoms with van der Waals surface area (Å²) in [5.74, 6) is -0.622. The van der Waals surface area contributed by atoms with Gasteiger partial charge in [-0.2, -0.15) is 10.4 Å². The van der Waals surface area contributed by atoms with Crippen molar-refractivity contribution in [3.05, 3.63) is 11.9 Å². The lowest BCUT2D eigenvalue weighted by atomic mass is 10.2. The lowest BCUT2D eigenvalue weighted by Gasteiger charge is -1.97. The Morgan fingerprint density at radius 3 is 2.87 bits per heavy atom. The number of amides is 1. The molecule has 0 unspecified atom stereocenters. The second-order valence-corrected chi connectivity index (χ2v) is 3.18. The normalized spacial score (nSPS) is 9.80. The van der Waals surface area contributed by atoms with Crippen molar-refractivity contribution in [1.82, 2.24) is 9.78 Å². The molecule has 0 aliphatic carbocycles. The van der Waals surface area contributed by atoms with Crippen molar-refractivity contribution in [3.8, 4) is 6.07 Å². The van der Waals surface area contributed by atoms with E-state index in [1.54, 1.807) is 10.9 Å². The van der Waals surface area contributed by atoms with Crippen molar-refractivity contribution in [2.75, 3.05) is 5.73 Å². The number of aromatic nitrogens is 2. The van der Waals surface area contributed by atoms with Crippen LogP contribution in [-0.2, 0) is 6.54 Å². The third-order valence-electron chi connectivity index (χ3n) is 1.95. The maximum absolute atomic E-state index is 10.8. The smallest absolute Gasteiger partial charge is 0.271 e. The Hall–Kier alpha value is -2.03. The number of anilines is 1. The molecule has 1 rings (SSSR count). The van der Waals surface area contributed by atoms with Crippen molar-refractivity contribution >= 4 is 11.6 Å². The summed E-state index contributed by atoms with van der Waals surface area (Å²) in [6.45, 7) is 0.638. The Kier molecular flexibility index (Phi) is 3.68. The molecular formula is C9H13N5O. The van der Waals surface area contributed by atoms with Crippen molar-refractivity contribution < 1.29 is 4.79 Å². The predicted molar refractivity (Wildman–Crippen MR) is 54.6 cm³/mol. The minimum absolute atomic E-state index is 0.107. The quantitative estimate of drug-likeness (QED) is 0.674. The fourth-order valence-corrected chi connectivity index (χ4v) is 1.22. The van der Waals surface area contributed by atoms with Crippen LogP contribution in [0.1, 0.15) is 29.8 Å². The summed E-state index contributed by atoms with van der Waals surface area (Å²) in [7, 11) is 0. The molecule has 15 heavy (non-hydrogen) atoms. The molecule has 0 fully saturated rings. The zero-order chi connectivity index (χ0) is 11.3. The first-order valence-electron chi connectivity index (χ1n) is 4.65. The average Bonchev–Trinajstić information content (AvgIpc) is 2.55. The van der Waals surface area contributed by atoms with Gasteiger partial charge < -0.3 is 11.5 Å². The van der Waals surface area contributed by atoms with E-state index in [9.17, 15) is 4.79 Å². The zero-order valence-corrected chi connectivity index (χ0v) is 8.31. The Morgan fingerprint density at radius 1 is 1.60 bits per heavy atom. The SMILES string of the molecule is N#CCCCCn1cc(N)c(C(N)=O)n1. The van der Waals surface area contributed by atoms with Crippen molar-refractivity contribution in [1.29, 1.82) is 5.26 Å². The highest BCUT2D eigenvalue weighted by Crippen LogP contribution is 2.09. The number of aryl methyl sites for hydroxylation is 1. The highest BCUT2D eigenvalue weighted by atomic mass is 16.1. The maximum Gasteiger partial charge on any atom is 0.271 e. The summed E-state index contributed by atoms with van der Waals surface area (Å²) in [6.07, 6.45) is 3.74. The molecule has 4 N–H and O–H groups in total. The van der Waals surface area contributed by atoms with Gasteiger partial charge in [-0.1, -0.05) is 0 Å². The van der Waals surface area contributed by atoms with Gasteiger partial charge in [0, 0.05) is 19.2 Å². The molecule has 1 amide bonds. The van der Waals surface area contributed by atoms with Crippen LogP contribution in [0.4, 0.5) is 5.69 Å². The molecule has 1 aromatic rings. The number of nitrogens with zero attached hydrogens (tertiary/aromatic N) is 3. The van der Waals surface area contributed by atoms with E-state index < -0.39 is 5.91 Å². The number of carbonyl (C=O) groups is 1. The van der Waals surface area contributed by atoms with E-state index in [1.807, 2.05) is 0 Å². The Balaban J connectivity index is 2.53. The monoisotopic (exact) mass is 207 g/mol. The predicted octanol–water partition coefficient (Wildman–Crippen LogP) is 0.258. The van der Waals surface area contributed by atoms with Gasteiger partial charge in [0.1, 0.15) is 0 Å². The zero-order valence-electron chi connectivity index (χ0n) is 8.31. The number of hydrogen-bond acceptors (Lipinski definition) is 4. The summed E-state index contributed by atoms with van der Waals surface area (Å²) >= 11 is 0. The van der Waals surface area contributed by atoms with Gasteiger partial charge in [0.2, 0.25) is 0 Å². The van der Waals surface area contributed by atoms with Gasteiger partial charge in [-0.25, -0.2) is 0 Å². The number of carbonyl (C=O) groups excluding carboxylic acids is 1. The van der Waals surface area contributed by atoms with Gasteiger partial charge in [0.05, 0.1) is 11.8 Å². The van der Waals surface area contributed by atoms with Gasteiger partial charge in [-0.3, -0.25) is 9.48 Å². The van der Waals surface area contributed by atoms with Crippen LogP contribution in [0.25, 0.3) is 0 Å². The summed E-state index contributed by atoms with van der Waals surface area (Å²) in [6, 6.07) is 2.06. The van der Waals surface area contributed by atoms with Crippen LogP contribution in [0, 0.1) is 11.3 Å². The van der Waals surface area contributed by atoms with E-state index in [1.165, 1.54) is 0 Å². The molecule has 0 saturated carbocycles. The molecule has 0 aromatic carbocycles. The number of hydrogen-bond donors (Lipinski definition) is 2. The van der Waals surface area contributed by atoms with Gasteiger partial charge in [0.25, 0.3) is 5.91 Å². The molecule has 6 nitrogen and oxygen atoms in total. The standard InChI is InChI=1S/C9H13N5O/c10-4-2-1-3-5-14-6-7(11)8(13-14)9(12)15/h6H,1-3,5,11H2,(H2,12,15). The van der Waals surface area contributed by atoms with Crippen LogP contribution in [0.2, 0.25) is 0 Å². The molecule has 6 heteroatoms. The molecule has 0 aliphatic heterocycles. The first-order chi connectivity index (χ1) is 7.15. The number of nitrogen functional groups attached to an aromatic ring is 1. The van der Waals surface area contributed by atoms with Gasteiger partial charge in [0.15, 0.2) is 5.69 Å². The lowest BCUT2D eigenvalue weighted by molar-refractivity contribution is 0.0995. The Labute approximate surface area is 87.5 Å². The van der Waals surface area contributed by atoms with E-state index in [-0.39, 0.29) is 5.69 Å². The fraction of sp³-hybridized carbons (Fsp3) is 0.444. The molecule has 0 bridgehead atoms. The molecule has 80 valence electrons. The van der Waals surface area contributed by atoms with Gasteiger partial charge in [-0.05, 0) is 12.8 Å². The first kappa shape index (κ1) is 11.0. The van der Waals surface area contributed by atoms with Crippen LogP contribution in [-0.4, -0.2) is 15.7 Å². The second-order valence-electron chi connectivity index (χ2n) is 3.18. The van der Waals surface area contributed by atoms with Crippen molar-refractivity contribution in [2.45, 2.75) is 25.8 Å². The molecule has 0 radical (unpaired) electrons. The van der Waals surface area contributed by atoms with Gasteiger partial charge in [-0.15, -0.1) is 0 Å². The van der Waals surface area contributed by atoms with Crippen LogP contribution >= 0.6 is 0 Å². The van der Waals surface area contributed by atoms with Gasteiger partial charge >= 0.3 is 0 Å². The van der Waals surface area contributed by atoms with E-state index in [0.29, 0.717) is 18.7 Å². The van der Waals surface area contributed by atoms with E-state index in [2.05, 4.69) is 11.2 Å². The number of nitriles is 1. The molecule has 1 heterocycles. The van der Waals surface area contributed by atoms with Crippen LogP contribution in [0.15, 0.2) is 6.20 Å². The third kappa shape index (κ3) is 2.98. The summed E-state index contributed by atoms with van der Waals surface area (Å²) < 4.78 is 1.58. The average molecular weight is 207 g/mol. The number of unbranched alkanes of at least 4 members (excludes halogenated alkanes) is 2. The van der Waals surface area contributed by atoms with Crippen LogP contribution < -0.4 is 11.5 Å². The van der Waals surface area contributed by atoms with Crippen molar-refractivity contribution in [3.63, 3.8) is 0 Å². The highest BCUT2D eigenvalue weighted by molar-refractivity contribution is 5.95. The minimum atomic E-state index is -0.622. The van der Waals surface area contributed by atoms with Crippen molar-refractivity contribution in [2.24, 2.45) is 5.73 Å². The molecule has 1 aromatic heterocycles. The summed E-state index contributed by atoms with van der Waals surface area (Å²) in [4.78, 5) is 10.8. The molecule has 0 spiro atoms. The maximum atomic E-state index is 10.8. The molecule has 0 atom stereocenters. The number of rotatable bonds is 5. The topological polar surface area (TPSA) is 111 Å². The molecule has 0 saturated heterocycles. The van der Waals surface area contributed by atoms with Crippen LogP contribution in [0.3, 0.4) is 0 Å². The second kappa shape index (κ2) is 5.00. The fourth-order valence-electron chi connectivity index (χ4n) is 1.22. The number of nitrogens with two attached hydrogens (primary N) is 2. The molecular weight excluding hydrogens is 194 g/mol. The first-order valence-corrected chi connectivity index (χ1v) is 4.65. The summed E-state index contributed by atoms with van der Waals surface area (Å²) in [5.41, 5.74) is 11.0. The van der Waals surface area contributed by atoms with E-state index in [4.69, 9.17) is 16.7 Å². The lowest BCUT2D eigenvalue weighted by Crippen LogP contribution is -2.14. The Morgan fingerprint density at radius 2 is 2.33 bits per heavy atom. The van der Waals surface area contributed by atoms with Crippen LogP contribution in [0.5, 0.6) is 0 Å².